The third-order valence-electron chi connectivity index (χ3n) is 5.62. The van der Waals surface area contributed by atoms with Crippen LogP contribution in [-0.2, 0) is 0 Å². The van der Waals surface area contributed by atoms with E-state index in [1.165, 1.54) is 4.80 Å². The first-order valence-corrected chi connectivity index (χ1v) is 11.2. The Morgan fingerprint density at radius 1 is 1.18 bits per heavy atom. The molecule has 1 fully saturated rings. The van der Waals surface area contributed by atoms with Gasteiger partial charge in [0.15, 0.2) is 0 Å². The van der Waals surface area contributed by atoms with Crippen molar-refractivity contribution in [2.75, 3.05) is 6.54 Å². The summed E-state index contributed by atoms with van der Waals surface area (Å²) in [7, 11) is 0. The van der Waals surface area contributed by atoms with E-state index in [9.17, 15) is 4.79 Å². The Bertz CT molecular complexity index is 1300. The number of ether oxygens (including phenoxy) is 1. The topological polar surface area (TPSA) is 112 Å². The Hall–Kier alpha value is -4.08. The Labute approximate surface area is 196 Å². The Morgan fingerprint density at radius 2 is 2.00 bits per heavy atom. The summed E-state index contributed by atoms with van der Waals surface area (Å²) in [6.07, 6.45) is 6.36. The van der Waals surface area contributed by atoms with Gasteiger partial charge in [-0.2, -0.15) is 20.0 Å². The number of amides is 1. The van der Waals surface area contributed by atoms with E-state index < -0.39 is 0 Å². The molecular formula is C24H25N7O3. The first-order valence-electron chi connectivity index (χ1n) is 11.2. The number of pyridine rings is 1. The smallest absolute Gasteiger partial charge is 0.256 e. The number of aryl methyl sites for hydroxylation is 1. The third kappa shape index (κ3) is 4.14. The molecule has 174 valence electrons. The van der Waals surface area contributed by atoms with Crippen molar-refractivity contribution in [3.8, 4) is 23.0 Å². The molecule has 4 heterocycles. The maximum Gasteiger partial charge on any atom is 0.256 e. The summed E-state index contributed by atoms with van der Waals surface area (Å²) in [5.41, 5.74) is 2.78. The lowest BCUT2D eigenvalue weighted by atomic mass is 10.1. The van der Waals surface area contributed by atoms with Crippen LogP contribution in [0.5, 0.6) is 5.88 Å². The van der Waals surface area contributed by atoms with Crippen molar-refractivity contribution >= 4 is 5.91 Å². The van der Waals surface area contributed by atoms with Gasteiger partial charge in [0.1, 0.15) is 6.04 Å². The first kappa shape index (κ1) is 21.7. The van der Waals surface area contributed by atoms with Gasteiger partial charge < -0.3 is 14.2 Å². The molecule has 0 aliphatic carbocycles. The summed E-state index contributed by atoms with van der Waals surface area (Å²) in [4.78, 5) is 25.9. The van der Waals surface area contributed by atoms with Crippen molar-refractivity contribution < 1.29 is 14.1 Å². The molecule has 1 atom stereocenters. The van der Waals surface area contributed by atoms with Gasteiger partial charge in [-0.3, -0.25) is 4.79 Å². The van der Waals surface area contributed by atoms with Gasteiger partial charge in [0.25, 0.3) is 5.91 Å². The second kappa shape index (κ2) is 9.05. The van der Waals surface area contributed by atoms with Gasteiger partial charge in [0, 0.05) is 12.7 Å². The van der Waals surface area contributed by atoms with Crippen LogP contribution in [0.4, 0.5) is 0 Å². The molecule has 1 aromatic carbocycles. The normalized spacial score (nSPS) is 15.8. The highest BCUT2D eigenvalue weighted by Crippen LogP contribution is 2.35. The van der Waals surface area contributed by atoms with Crippen LogP contribution in [0.3, 0.4) is 0 Å². The van der Waals surface area contributed by atoms with Crippen LogP contribution in [0, 0.1) is 6.92 Å². The SMILES string of the molecule is Cc1ccc(-n2nccn2)c(C(=O)N2CCC[C@H]2c2nc(-c3cccnc3OC(C)C)no2)c1. The van der Waals surface area contributed by atoms with Gasteiger partial charge in [-0.1, -0.05) is 16.8 Å². The minimum absolute atomic E-state index is 0.0456. The highest BCUT2D eigenvalue weighted by atomic mass is 16.5. The molecule has 5 rings (SSSR count). The molecule has 10 heteroatoms. The van der Waals surface area contributed by atoms with E-state index in [0.29, 0.717) is 41.0 Å². The molecule has 3 aromatic heterocycles. The molecule has 0 unspecified atom stereocenters. The highest BCUT2D eigenvalue weighted by Gasteiger charge is 2.36. The summed E-state index contributed by atoms with van der Waals surface area (Å²) in [5.74, 6) is 1.10. The van der Waals surface area contributed by atoms with Crippen LogP contribution in [0.15, 0.2) is 53.4 Å². The van der Waals surface area contributed by atoms with E-state index in [2.05, 4.69) is 25.3 Å². The lowest BCUT2D eigenvalue weighted by Crippen LogP contribution is -2.31. The number of carbonyl (C=O) groups is 1. The van der Waals surface area contributed by atoms with Crippen molar-refractivity contribution in [1.29, 1.82) is 0 Å². The van der Waals surface area contributed by atoms with Crippen molar-refractivity contribution in [3.63, 3.8) is 0 Å². The summed E-state index contributed by atoms with van der Waals surface area (Å²) in [5, 5.41) is 12.6. The van der Waals surface area contributed by atoms with Gasteiger partial charge in [-0.05, 0) is 57.9 Å². The van der Waals surface area contributed by atoms with E-state index in [0.717, 1.165) is 18.4 Å². The predicted octanol–water partition coefficient (Wildman–Crippen LogP) is 3.79. The van der Waals surface area contributed by atoms with E-state index in [4.69, 9.17) is 9.26 Å². The largest absolute Gasteiger partial charge is 0.474 e. The Balaban J connectivity index is 1.45. The number of hydrogen-bond acceptors (Lipinski definition) is 8. The molecule has 0 bridgehead atoms. The standard InChI is InChI=1S/C24H25N7O3/c1-15(2)33-22-17(6-4-10-25-22)21-28-23(34-29-21)20-7-5-13-30(20)24(32)18-14-16(3)8-9-19(18)31-26-11-12-27-31/h4,6,8-12,14-15,20H,5,7,13H2,1-3H3/t20-/m0/s1. The maximum absolute atomic E-state index is 13.7. The van der Waals surface area contributed by atoms with Gasteiger partial charge in [-0.15, -0.1) is 0 Å². The fourth-order valence-corrected chi connectivity index (χ4v) is 4.12. The number of aromatic nitrogens is 6. The van der Waals surface area contributed by atoms with Crippen molar-refractivity contribution in [1.82, 2.24) is 35.0 Å². The second-order valence-electron chi connectivity index (χ2n) is 8.47. The van der Waals surface area contributed by atoms with Crippen molar-refractivity contribution in [3.05, 3.63) is 65.9 Å². The van der Waals surface area contributed by atoms with Crippen LogP contribution < -0.4 is 4.74 Å². The molecule has 0 N–H and O–H groups in total. The minimum atomic E-state index is -0.321. The summed E-state index contributed by atoms with van der Waals surface area (Å²) in [6, 6.07) is 8.97. The first-order chi connectivity index (χ1) is 16.5. The van der Waals surface area contributed by atoms with Gasteiger partial charge >= 0.3 is 0 Å². The number of rotatable bonds is 6. The zero-order valence-electron chi connectivity index (χ0n) is 19.3. The average molecular weight is 460 g/mol. The van der Waals surface area contributed by atoms with E-state index in [1.54, 1.807) is 29.6 Å². The van der Waals surface area contributed by atoms with Crippen LogP contribution >= 0.6 is 0 Å². The molecule has 0 saturated carbocycles. The highest BCUT2D eigenvalue weighted by molar-refractivity contribution is 5.98. The minimum Gasteiger partial charge on any atom is -0.474 e. The van der Waals surface area contributed by atoms with E-state index >= 15 is 0 Å². The molecule has 1 saturated heterocycles. The fraction of sp³-hybridized carbons (Fsp3) is 0.333. The monoisotopic (exact) mass is 459 g/mol. The van der Waals surface area contributed by atoms with Crippen LogP contribution in [0.1, 0.15) is 54.5 Å². The Morgan fingerprint density at radius 3 is 2.79 bits per heavy atom. The molecule has 1 amide bonds. The number of carbonyl (C=O) groups excluding carboxylic acids is 1. The zero-order chi connectivity index (χ0) is 23.7. The molecule has 10 nitrogen and oxygen atoms in total. The molecule has 0 spiro atoms. The quantitative estimate of drug-likeness (QED) is 0.428. The zero-order valence-corrected chi connectivity index (χ0v) is 19.3. The molecular weight excluding hydrogens is 434 g/mol. The lowest BCUT2D eigenvalue weighted by molar-refractivity contribution is 0.0709. The van der Waals surface area contributed by atoms with Gasteiger partial charge in [0.05, 0.1) is 35.3 Å². The van der Waals surface area contributed by atoms with Crippen molar-refractivity contribution in [2.45, 2.75) is 45.8 Å². The molecule has 0 radical (unpaired) electrons. The number of hydrogen-bond donors (Lipinski definition) is 0. The Kier molecular flexibility index (Phi) is 5.79. The van der Waals surface area contributed by atoms with E-state index in [1.807, 2.05) is 45.0 Å². The molecule has 34 heavy (non-hydrogen) atoms. The second-order valence-corrected chi connectivity index (χ2v) is 8.47. The van der Waals surface area contributed by atoms with Crippen LogP contribution in [0.25, 0.3) is 17.1 Å². The summed E-state index contributed by atoms with van der Waals surface area (Å²) >= 11 is 0. The maximum atomic E-state index is 13.7. The van der Waals surface area contributed by atoms with Crippen molar-refractivity contribution in [2.24, 2.45) is 0 Å². The summed E-state index contributed by atoms with van der Waals surface area (Å²) < 4.78 is 11.4. The fourth-order valence-electron chi connectivity index (χ4n) is 4.12. The molecule has 4 aromatic rings. The average Bonchev–Trinajstić information content (AvgIpc) is 3.60. The number of benzene rings is 1. The number of nitrogens with zero attached hydrogens (tertiary/aromatic N) is 7. The van der Waals surface area contributed by atoms with Crippen LogP contribution in [0.2, 0.25) is 0 Å². The third-order valence-corrected chi connectivity index (χ3v) is 5.62. The summed E-state index contributed by atoms with van der Waals surface area (Å²) in [6.45, 7) is 6.41. The number of likely N-dealkylation sites (tertiary alicyclic amines) is 1. The molecule has 1 aliphatic rings. The van der Waals surface area contributed by atoms with Crippen LogP contribution in [-0.4, -0.2) is 53.6 Å². The van der Waals surface area contributed by atoms with E-state index in [-0.39, 0.29) is 18.1 Å². The lowest BCUT2D eigenvalue weighted by Gasteiger charge is -2.23. The van der Waals surface area contributed by atoms with Gasteiger partial charge in [0.2, 0.25) is 17.6 Å². The predicted molar refractivity (Wildman–Crippen MR) is 122 cm³/mol. The molecule has 1 aliphatic heterocycles. The van der Waals surface area contributed by atoms with Gasteiger partial charge in [-0.25, -0.2) is 4.98 Å².